The number of amides is 1. The first-order chi connectivity index (χ1) is 13.2. The molecule has 1 amide bonds. The van der Waals surface area contributed by atoms with Gasteiger partial charge in [0, 0.05) is 26.1 Å². The summed E-state index contributed by atoms with van der Waals surface area (Å²) in [5, 5.41) is 2.98. The van der Waals surface area contributed by atoms with Crippen LogP contribution < -0.4 is 11.1 Å². The highest BCUT2D eigenvalue weighted by Crippen LogP contribution is 2.32. The average Bonchev–Trinajstić information content (AvgIpc) is 2.67. The minimum atomic E-state index is 0.0890. The molecule has 0 aliphatic carbocycles. The lowest BCUT2D eigenvalue weighted by molar-refractivity contribution is -0.121. The van der Waals surface area contributed by atoms with Gasteiger partial charge in [0.1, 0.15) is 0 Å². The highest BCUT2D eigenvalue weighted by atomic mass is 16.1. The van der Waals surface area contributed by atoms with Crippen LogP contribution in [0.1, 0.15) is 30.4 Å². The molecule has 2 aromatic carbocycles. The van der Waals surface area contributed by atoms with Gasteiger partial charge >= 0.3 is 0 Å². The van der Waals surface area contributed by atoms with Crippen molar-refractivity contribution in [2.24, 2.45) is 10.7 Å². The van der Waals surface area contributed by atoms with Crippen LogP contribution in [0.2, 0.25) is 0 Å². The van der Waals surface area contributed by atoms with Crippen molar-refractivity contribution < 1.29 is 4.79 Å². The van der Waals surface area contributed by atoms with Crippen molar-refractivity contribution in [2.75, 3.05) is 13.1 Å². The molecule has 138 valence electrons. The van der Waals surface area contributed by atoms with E-state index in [9.17, 15) is 4.79 Å². The molecule has 0 saturated heterocycles. The number of rotatable bonds is 0. The molecular formula is C22H24N4O. The fourth-order valence-corrected chi connectivity index (χ4v) is 3.58. The summed E-state index contributed by atoms with van der Waals surface area (Å²) in [5.41, 5.74) is 11.8. The molecule has 0 spiro atoms. The number of fused-ring (bicyclic) bond motifs is 4. The number of aliphatic imine (C=N–C) groups is 1. The minimum absolute atomic E-state index is 0.0890. The first-order valence-corrected chi connectivity index (χ1v) is 9.45. The molecule has 0 fully saturated rings. The molecule has 0 unspecified atom stereocenters. The second-order valence-corrected chi connectivity index (χ2v) is 6.97. The summed E-state index contributed by atoms with van der Waals surface area (Å²) >= 11 is 0. The zero-order chi connectivity index (χ0) is 18.6. The Bertz CT molecular complexity index is 916. The second-order valence-electron chi connectivity index (χ2n) is 6.97. The number of nitrogens with one attached hydrogen (secondary N) is 1. The molecule has 2 aliphatic heterocycles. The molecule has 0 saturated carbocycles. The Balaban J connectivity index is 1.74. The van der Waals surface area contributed by atoms with Gasteiger partial charge in [-0.2, -0.15) is 0 Å². The Hall–Kier alpha value is -3.08. The van der Waals surface area contributed by atoms with Gasteiger partial charge in [-0.25, -0.2) is 4.99 Å². The molecule has 0 radical (unpaired) electrons. The van der Waals surface area contributed by atoms with Crippen molar-refractivity contribution in [3.8, 4) is 11.1 Å². The van der Waals surface area contributed by atoms with Gasteiger partial charge in [0.25, 0.3) is 0 Å². The maximum absolute atomic E-state index is 12.0. The SMILES string of the molecule is NC1=Nc2ccc3cc2CN1CCNC(=O)CCC/C=C/c1ccccc1-3. The molecule has 5 heteroatoms. The van der Waals surface area contributed by atoms with Crippen LogP contribution in [0.15, 0.2) is 53.5 Å². The molecule has 2 aliphatic rings. The van der Waals surface area contributed by atoms with Gasteiger partial charge < -0.3 is 16.0 Å². The second kappa shape index (κ2) is 7.66. The van der Waals surface area contributed by atoms with Crippen molar-refractivity contribution in [2.45, 2.75) is 25.8 Å². The van der Waals surface area contributed by atoms with Crippen LogP contribution >= 0.6 is 0 Å². The quantitative estimate of drug-likeness (QED) is 0.756. The zero-order valence-corrected chi connectivity index (χ0v) is 15.3. The Morgan fingerprint density at radius 1 is 1.15 bits per heavy atom. The summed E-state index contributed by atoms with van der Waals surface area (Å²) in [6, 6.07) is 14.8. The molecule has 4 rings (SSSR count). The van der Waals surface area contributed by atoms with Crippen LogP contribution in [0.25, 0.3) is 17.2 Å². The number of carbonyl (C=O) groups excluding carboxylic acids is 1. The molecule has 3 bridgehead atoms. The van der Waals surface area contributed by atoms with E-state index in [1.165, 1.54) is 16.7 Å². The largest absolute Gasteiger partial charge is 0.369 e. The van der Waals surface area contributed by atoms with E-state index in [2.05, 4.69) is 58.9 Å². The molecule has 5 nitrogen and oxygen atoms in total. The third-order valence-corrected chi connectivity index (χ3v) is 5.05. The number of benzene rings is 2. The van der Waals surface area contributed by atoms with Gasteiger partial charge in [0.2, 0.25) is 5.91 Å². The Morgan fingerprint density at radius 3 is 2.96 bits per heavy atom. The molecule has 27 heavy (non-hydrogen) atoms. The molecule has 2 aromatic rings. The van der Waals surface area contributed by atoms with E-state index in [4.69, 9.17) is 5.73 Å². The molecule has 3 N–H and O–H groups in total. The summed E-state index contributed by atoms with van der Waals surface area (Å²) in [4.78, 5) is 18.6. The fourth-order valence-electron chi connectivity index (χ4n) is 3.58. The van der Waals surface area contributed by atoms with Crippen molar-refractivity contribution >= 4 is 23.6 Å². The van der Waals surface area contributed by atoms with Gasteiger partial charge in [-0.15, -0.1) is 0 Å². The first kappa shape index (κ1) is 17.3. The van der Waals surface area contributed by atoms with E-state index in [0.29, 0.717) is 32.0 Å². The summed E-state index contributed by atoms with van der Waals surface area (Å²) in [6.45, 7) is 1.93. The third-order valence-electron chi connectivity index (χ3n) is 5.05. The van der Waals surface area contributed by atoms with Crippen molar-refractivity contribution in [3.05, 3.63) is 59.7 Å². The number of hydrogen-bond donors (Lipinski definition) is 2. The lowest BCUT2D eigenvalue weighted by Gasteiger charge is -2.28. The zero-order valence-electron chi connectivity index (χ0n) is 15.3. The highest BCUT2D eigenvalue weighted by molar-refractivity contribution is 5.85. The normalized spacial score (nSPS) is 18.4. The van der Waals surface area contributed by atoms with Gasteiger partial charge in [0.05, 0.1) is 5.69 Å². The lowest BCUT2D eigenvalue weighted by atomic mass is 9.96. The summed E-state index contributed by atoms with van der Waals surface area (Å²) in [7, 11) is 0. The topological polar surface area (TPSA) is 70.7 Å². The van der Waals surface area contributed by atoms with Gasteiger partial charge in [0.15, 0.2) is 5.96 Å². The predicted octanol–water partition coefficient (Wildman–Crippen LogP) is 3.43. The van der Waals surface area contributed by atoms with Crippen LogP contribution in [0, 0.1) is 0 Å². The molecule has 0 atom stereocenters. The Morgan fingerprint density at radius 2 is 2.04 bits per heavy atom. The minimum Gasteiger partial charge on any atom is -0.369 e. The van der Waals surface area contributed by atoms with E-state index in [-0.39, 0.29) is 5.91 Å². The summed E-state index contributed by atoms with van der Waals surface area (Å²) in [5.74, 6) is 0.597. The van der Waals surface area contributed by atoms with Gasteiger partial charge in [-0.05, 0) is 47.2 Å². The van der Waals surface area contributed by atoms with E-state index < -0.39 is 0 Å². The van der Waals surface area contributed by atoms with E-state index in [1.54, 1.807) is 0 Å². The lowest BCUT2D eigenvalue weighted by Crippen LogP contribution is -2.43. The van der Waals surface area contributed by atoms with Crippen molar-refractivity contribution in [3.63, 3.8) is 0 Å². The highest BCUT2D eigenvalue weighted by Gasteiger charge is 2.18. The van der Waals surface area contributed by atoms with Crippen LogP contribution in [0.4, 0.5) is 5.69 Å². The first-order valence-electron chi connectivity index (χ1n) is 9.45. The predicted molar refractivity (Wildman–Crippen MR) is 109 cm³/mol. The van der Waals surface area contributed by atoms with Gasteiger partial charge in [-0.1, -0.05) is 42.5 Å². The Kier molecular flexibility index (Phi) is 4.92. The smallest absolute Gasteiger partial charge is 0.220 e. The standard InChI is InChI=1S/C22H24N4O/c23-22-25-20-11-10-17-14-18(20)15-26(22)13-12-24-21(27)9-3-1-2-6-16-7-4-5-8-19(16)17/h2,4-8,10-11,14H,1,3,9,12-13,15H2,(H2,23,25)(H,24,27)/b6-2+. The molecular weight excluding hydrogens is 336 g/mol. The van der Waals surface area contributed by atoms with Crippen LogP contribution in [-0.4, -0.2) is 29.9 Å². The van der Waals surface area contributed by atoms with E-state index in [0.717, 1.165) is 24.1 Å². The number of nitrogens with two attached hydrogens (primary N) is 1. The van der Waals surface area contributed by atoms with Gasteiger partial charge in [-0.3, -0.25) is 4.79 Å². The van der Waals surface area contributed by atoms with Crippen LogP contribution in [0.3, 0.4) is 0 Å². The van der Waals surface area contributed by atoms with Crippen molar-refractivity contribution in [1.29, 1.82) is 0 Å². The Labute approximate surface area is 159 Å². The van der Waals surface area contributed by atoms with Crippen molar-refractivity contribution in [1.82, 2.24) is 10.2 Å². The number of carbonyl (C=O) groups is 1. The maximum Gasteiger partial charge on any atom is 0.220 e. The fraction of sp³-hybridized carbons (Fsp3) is 0.273. The summed E-state index contributed by atoms with van der Waals surface area (Å²) < 4.78 is 0. The molecule has 2 heterocycles. The average molecular weight is 360 g/mol. The number of nitrogens with zero attached hydrogens (tertiary/aromatic N) is 2. The molecule has 0 aromatic heterocycles. The van der Waals surface area contributed by atoms with E-state index in [1.807, 2.05) is 11.0 Å². The van der Waals surface area contributed by atoms with E-state index >= 15 is 0 Å². The van der Waals surface area contributed by atoms with Crippen LogP contribution in [0.5, 0.6) is 0 Å². The third kappa shape index (κ3) is 3.87. The monoisotopic (exact) mass is 360 g/mol. The van der Waals surface area contributed by atoms with Crippen LogP contribution in [-0.2, 0) is 11.3 Å². The number of hydrogen-bond acceptors (Lipinski definition) is 4. The number of guanidine groups is 1. The maximum atomic E-state index is 12.0. The number of allylic oxidation sites excluding steroid dienone is 1. The summed E-state index contributed by atoms with van der Waals surface area (Å²) in [6.07, 6.45) is 6.58.